The first-order chi connectivity index (χ1) is 5.93. The van der Waals surface area contributed by atoms with Gasteiger partial charge in [-0.2, -0.15) is 0 Å². The normalized spacial score (nSPS) is 158. The first kappa shape index (κ1) is 4.16. The van der Waals surface area contributed by atoms with Crippen molar-refractivity contribution in [2.45, 2.75) is 61.7 Å². The van der Waals surface area contributed by atoms with Crippen LogP contribution in [0.15, 0.2) is 0 Å². The van der Waals surface area contributed by atoms with E-state index >= 15 is 0 Å². The van der Waals surface area contributed by atoms with Crippen LogP contribution in [-0.4, -0.2) is 0 Å². The van der Waals surface area contributed by atoms with Crippen LogP contribution in [0.5, 0.6) is 0 Å². The number of fused-ring (bicyclic) bond motifs is 10. The van der Waals surface area contributed by atoms with Crippen LogP contribution in [0.2, 0.25) is 47.9 Å². The van der Waals surface area contributed by atoms with E-state index in [1.54, 1.807) is 0 Å². The van der Waals surface area contributed by atoms with Crippen molar-refractivity contribution in [3.8, 4) is 0 Å². The fourth-order valence-corrected chi connectivity index (χ4v) is 84.3. The molecule has 10 aliphatic rings. The molecule has 0 aliphatic carbocycles. The van der Waals surface area contributed by atoms with Crippen LogP contribution in [-0.2, 0) is 6.23 Å². The molecule has 0 aromatic carbocycles. The molecule has 8 unspecified atom stereocenters. The zero-order valence-electron chi connectivity index (χ0n) is 7.94. The summed E-state index contributed by atoms with van der Waals surface area (Å²) in [5, 5.41) is 0. The zero-order chi connectivity index (χ0) is 7.94. The Morgan fingerprint density at radius 1 is 0.692 bits per heavy atom. The summed E-state index contributed by atoms with van der Waals surface area (Å²) >= 11 is 0. The minimum absolute atomic E-state index is 1.14. The van der Waals surface area contributed by atoms with Crippen LogP contribution >= 0.6 is 0 Å². The van der Waals surface area contributed by atoms with Crippen LogP contribution in [0.4, 0.5) is 0 Å². The van der Waals surface area contributed by atoms with Crippen LogP contribution in [0.25, 0.3) is 0 Å². The average Bonchev–Trinajstić information content (AvgIpc) is 3.01. The predicted octanol–water partition coefficient (Wildman–Crippen LogP) is 4.16. The number of rotatable bonds is 0. The van der Waals surface area contributed by atoms with Gasteiger partial charge in [-0.05, 0) is 0 Å². The molecule has 10 aliphatic heterocycles. The van der Waals surface area contributed by atoms with Gasteiger partial charge in [-0.25, -0.2) is 0 Å². The van der Waals surface area contributed by atoms with Crippen molar-refractivity contribution in [1.82, 2.24) is 0 Å². The monoisotopic (exact) mass is 216 g/mol. The van der Waals surface area contributed by atoms with Crippen LogP contribution in [0.3, 0.4) is 0 Å². The third kappa shape index (κ3) is 0.0268. The van der Waals surface area contributed by atoms with Crippen molar-refractivity contribution in [3.05, 3.63) is 0 Å². The Hall–Kier alpha value is 0.494. The molecule has 8 atom stereocenters. The van der Waals surface area contributed by atoms with Crippen LogP contribution in [0.1, 0.15) is 13.8 Å². The van der Waals surface area contributed by atoms with E-state index in [0.717, 1.165) is 8.77 Å². The molecule has 72 valence electrons. The van der Waals surface area contributed by atoms with E-state index in [-0.39, 0.29) is 0 Å². The van der Waals surface area contributed by atoms with Gasteiger partial charge < -0.3 is 0 Å². The summed E-state index contributed by atoms with van der Waals surface area (Å²) in [4.78, 5) is 12.0. The fraction of sp³-hybridized carbons (Fsp3) is 1.00. The van der Waals surface area contributed by atoms with Gasteiger partial charge in [0.25, 0.3) is 0 Å². The van der Waals surface area contributed by atoms with Gasteiger partial charge in [-0.15, -0.1) is 0 Å². The Balaban J connectivity index is 2.19. The molecule has 0 aromatic heterocycles. The van der Waals surface area contributed by atoms with Crippen molar-refractivity contribution in [1.29, 1.82) is 0 Å². The average molecular weight is 217 g/mol. The SMILES string of the molecule is C[C]12[CH]3[CH]4[CH]5[CH]1[Ni]45321678[CH]2[CH]1[CH]6[C]7(C)[CH]28. The van der Waals surface area contributed by atoms with Gasteiger partial charge in [0, 0.05) is 0 Å². The fourth-order valence-electron chi connectivity index (χ4n) is 16.7. The molecule has 0 nitrogen and oxygen atoms in total. The predicted molar refractivity (Wildman–Crippen MR) is 46.7 cm³/mol. The molecule has 0 bridgehead atoms. The van der Waals surface area contributed by atoms with Gasteiger partial charge in [-0.3, -0.25) is 0 Å². The Kier molecular flexibility index (Phi) is 0.0796. The van der Waals surface area contributed by atoms with E-state index < -0.39 is 6.23 Å². The topological polar surface area (TPSA) is 0 Å². The summed E-state index contributed by atoms with van der Waals surface area (Å²) in [5.74, 6) is 0. The molecule has 10 heterocycles. The molecule has 0 N–H and O–H groups in total. The van der Waals surface area contributed by atoms with Gasteiger partial charge in [0.1, 0.15) is 0 Å². The minimum atomic E-state index is -2.43. The molecule has 10 saturated heterocycles. The van der Waals surface area contributed by atoms with E-state index in [1.807, 2.05) is 0 Å². The summed E-state index contributed by atoms with van der Waals surface area (Å²) in [6, 6.07) is 0. The van der Waals surface area contributed by atoms with Crippen molar-refractivity contribution >= 4 is 0 Å². The van der Waals surface area contributed by atoms with E-state index in [9.17, 15) is 0 Å². The molecule has 0 saturated carbocycles. The Bertz CT molecular complexity index is 821. The van der Waals surface area contributed by atoms with Crippen molar-refractivity contribution in [3.63, 3.8) is 0 Å². The summed E-state index contributed by atoms with van der Waals surface area (Å²) in [6.07, 6.45) is -2.43. The van der Waals surface area contributed by atoms with Gasteiger partial charge in [0.05, 0.1) is 0 Å². The number of hydrogen-bond donors (Lipinski definition) is 0. The molecular weight excluding hydrogens is 203 g/mol. The van der Waals surface area contributed by atoms with Gasteiger partial charge in [-0.1, -0.05) is 0 Å². The molecular formula is C12H14Ni. The van der Waals surface area contributed by atoms with E-state index in [0.29, 0.717) is 0 Å². The molecule has 0 amide bonds. The van der Waals surface area contributed by atoms with Gasteiger partial charge >= 0.3 is 67.9 Å². The Labute approximate surface area is 68.2 Å². The zero-order valence-corrected chi connectivity index (χ0v) is 8.92. The van der Waals surface area contributed by atoms with E-state index in [4.69, 9.17) is 0 Å². The maximum absolute atomic E-state index is 2.82. The van der Waals surface area contributed by atoms with Crippen molar-refractivity contribution in [2.24, 2.45) is 0 Å². The standard InChI is InChI=1S/2C6H7.Ni/c2*1-6-4-2-3-5-6;/h2*2-5H,1H3;. The second-order valence-corrected chi connectivity index (χ2v) is 31.0. The van der Waals surface area contributed by atoms with Crippen molar-refractivity contribution < 1.29 is 6.23 Å². The van der Waals surface area contributed by atoms with E-state index in [1.165, 1.54) is 39.1 Å². The number of hydrogen-bond acceptors (Lipinski definition) is 0. The van der Waals surface area contributed by atoms with Gasteiger partial charge in [0.2, 0.25) is 0 Å². The van der Waals surface area contributed by atoms with Crippen LogP contribution in [0, 0.1) is 0 Å². The summed E-state index contributed by atoms with van der Waals surface area (Å²) in [5.41, 5.74) is 0. The summed E-state index contributed by atoms with van der Waals surface area (Å²) < 4.78 is 2.29. The molecule has 0 aromatic rings. The molecule has 1 heteroatoms. The quantitative estimate of drug-likeness (QED) is 0.534. The third-order valence-electron chi connectivity index (χ3n) is 14.7. The second-order valence-electron chi connectivity index (χ2n) is 9.73. The molecule has 10 rings (SSSR count). The molecule has 10 fully saturated rings. The summed E-state index contributed by atoms with van der Waals surface area (Å²) in [6.45, 7) is 5.63. The Morgan fingerprint density at radius 3 is 1.00 bits per heavy atom. The maximum atomic E-state index is 2.82. The van der Waals surface area contributed by atoms with E-state index in [2.05, 4.69) is 13.8 Å². The summed E-state index contributed by atoms with van der Waals surface area (Å²) in [7, 11) is 0. The Morgan fingerprint density at radius 2 is 1.00 bits per heavy atom. The first-order valence-corrected chi connectivity index (χ1v) is 11.5. The second kappa shape index (κ2) is 0.249. The molecule has 0 radical (unpaired) electrons. The van der Waals surface area contributed by atoms with Gasteiger partial charge in [0.15, 0.2) is 0 Å². The first-order valence-electron chi connectivity index (χ1n) is 5.93. The molecule has 1 spiro atoms. The van der Waals surface area contributed by atoms with Crippen molar-refractivity contribution in [2.75, 3.05) is 0 Å². The molecule has 13 heavy (non-hydrogen) atoms. The van der Waals surface area contributed by atoms with Crippen LogP contribution < -0.4 is 0 Å². The third-order valence-corrected chi connectivity index (χ3v) is 55.5.